The number of hydrogen-bond donors (Lipinski definition) is 0. The molecule has 2 atom stereocenters. The van der Waals surface area contributed by atoms with Crippen molar-refractivity contribution in [2.75, 3.05) is 20.3 Å². The minimum atomic E-state index is -0.755. The summed E-state index contributed by atoms with van der Waals surface area (Å²) in [5.41, 5.74) is 1.37. The number of nitrogens with zero attached hydrogens (tertiary/aromatic N) is 3. The van der Waals surface area contributed by atoms with Crippen LogP contribution in [0.4, 0.5) is 8.78 Å². The molecular weight excluding hydrogens is 352 g/mol. The molecule has 0 amide bonds. The van der Waals surface area contributed by atoms with Crippen molar-refractivity contribution < 1.29 is 18.3 Å². The monoisotopic (exact) mass is 371 g/mol. The maximum Gasteiger partial charge on any atom is 0.191 e. The number of pyridine rings is 1. The fourth-order valence-electron chi connectivity index (χ4n) is 3.59. The number of ether oxygens (including phenoxy) is 2. The van der Waals surface area contributed by atoms with Gasteiger partial charge in [0.1, 0.15) is 5.82 Å². The first-order chi connectivity index (χ1) is 13.2. The summed E-state index contributed by atoms with van der Waals surface area (Å²) in [6, 6.07) is 6.55. The number of benzene rings is 1. The highest BCUT2D eigenvalue weighted by Crippen LogP contribution is 2.35. The third-order valence-corrected chi connectivity index (χ3v) is 4.93. The molecule has 1 saturated heterocycles. The molecule has 1 fully saturated rings. The highest BCUT2D eigenvalue weighted by Gasteiger charge is 2.32. The number of imidazole rings is 1. The number of methoxy groups -OCH3 is 1. The number of hydrogen-bond acceptors (Lipinski definition) is 4. The molecule has 3 aromatic rings. The number of rotatable bonds is 5. The highest BCUT2D eigenvalue weighted by atomic mass is 19.1. The van der Waals surface area contributed by atoms with Gasteiger partial charge in [-0.05, 0) is 36.2 Å². The topological polar surface area (TPSA) is 49.2 Å². The zero-order valence-corrected chi connectivity index (χ0v) is 14.8. The zero-order valence-electron chi connectivity index (χ0n) is 14.8. The predicted molar refractivity (Wildman–Crippen MR) is 95.4 cm³/mol. The SMILES string of the molecule is COc1c(F)ccc(-c2nccn2[C@@H]2COC[C@@H]2Cc2ccncc2)c1F. The van der Waals surface area contributed by atoms with Crippen LogP contribution in [0.2, 0.25) is 0 Å². The Labute approximate surface area is 155 Å². The van der Waals surface area contributed by atoms with E-state index in [1.807, 2.05) is 22.9 Å². The van der Waals surface area contributed by atoms with E-state index in [-0.39, 0.29) is 17.5 Å². The second-order valence-electron chi connectivity index (χ2n) is 6.52. The summed E-state index contributed by atoms with van der Waals surface area (Å²) >= 11 is 0. The second-order valence-corrected chi connectivity index (χ2v) is 6.52. The Morgan fingerprint density at radius 1 is 1.15 bits per heavy atom. The maximum absolute atomic E-state index is 14.8. The molecule has 2 aromatic heterocycles. The molecule has 0 aliphatic carbocycles. The Morgan fingerprint density at radius 3 is 2.74 bits per heavy atom. The van der Waals surface area contributed by atoms with Gasteiger partial charge in [0.15, 0.2) is 17.4 Å². The van der Waals surface area contributed by atoms with Crippen LogP contribution >= 0.6 is 0 Å². The van der Waals surface area contributed by atoms with Crippen molar-refractivity contribution in [1.82, 2.24) is 14.5 Å². The van der Waals surface area contributed by atoms with E-state index in [1.54, 1.807) is 18.6 Å². The Bertz CT molecular complexity index is 930. The molecule has 3 heterocycles. The molecular formula is C20H19F2N3O2. The summed E-state index contributed by atoms with van der Waals surface area (Å²) in [7, 11) is 1.24. The molecule has 1 aliphatic heterocycles. The summed E-state index contributed by atoms with van der Waals surface area (Å²) < 4.78 is 41.0. The standard InChI is InChI=1S/C20H19F2N3O2/c1-26-19-16(21)3-2-15(18(19)22)20-24-8-9-25(20)17-12-27-11-14(17)10-13-4-6-23-7-5-13/h2-9,14,17H,10-12H2,1H3/t14-,17+/m0/s1. The molecule has 0 spiro atoms. The van der Waals surface area contributed by atoms with Crippen LogP contribution in [0, 0.1) is 17.6 Å². The van der Waals surface area contributed by atoms with Gasteiger partial charge in [-0.1, -0.05) is 0 Å². The van der Waals surface area contributed by atoms with Crippen LogP contribution in [-0.4, -0.2) is 34.9 Å². The maximum atomic E-state index is 14.8. The summed E-state index contributed by atoms with van der Waals surface area (Å²) in [4.78, 5) is 8.36. The second kappa shape index (κ2) is 7.44. The fourth-order valence-corrected chi connectivity index (χ4v) is 3.59. The van der Waals surface area contributed by atoms with Crippen molar-refractivity contribution >= 4 is 0 Å². The molecule has 0 bridgehead atoms. The molecule has 4 rings (SSSR count). The van der Waals surface area contributed by atoms with Gasteiger partial charge in [-0.2, -0.15) is 0 Å². The van der Waals surface area contributed by atoms with Gasteiger partial charge in [0.05, 0.1) is 31.9 Å². The van der Waals surface area contributed by atoms with Gasteiger partial charge in [0.2, 0.25) is 0 Å². The number of aromatic nitrogens is 3. The van der Waals surface area contributed by atoms with Gasteiger partial charge in [-0.3, -0.25) is 4.98 Å². The Hall–Kier alpha value is -2.80. The Morgan fingerprint density at radius 2 is 1.96 bits per heavy atom. The summed E-state index contributed by atoms with van der Waals surface area (Å²) in [6.45, 7) is 1.12. The van der Waals surface area contributed by atoms with E-state index in [9.17, 15) is 8.78 Å². The predicted octanol–water partition coefficient (Wildman–Crippen LogP) is 3.66. The van der Waals surface area contributed by atoms with E-state index < -0.39 is 17.4 Å². The van der Waals surface area contributed by atoms with E-state index in [0.717, 1.165) is 6.42 Å². The Balaban J connectivity index is 1.68. The molecule has 1 aliphatic rings. The molecule has 7 heteroatoms. The highest BCUT2D eigenvalue weighted by molar-refractivity contribution is 5.60. The van der Waals surface area contributed by atoms with Crippen LogP contribution in [0.25, 0.3) is 11.4 Å². The molecule has 140 valence electrons. The largest absolute Gasteiger partial charge is 0.491 e. The smallest absolute Gasteiger partial charge is 0.191 e. The van der Waals surface area contributed by atoms with Crippen LogP contribution in [0.1, 0.15) is 11.6 Å². The minimum Gasteiger partial charge on any atom is -0.491 e. The van der Waals surface area contributed by atoms with E-state index >= 15 is 0 Å². The Kier molecular flexibility index (Phi) is 4.85. The molecule has 5 nitrogen and oxygen atoms in total. The van der Waals surface area contributed by atoms with E-state index in [1.165, 1.54) is 24.8 Å². The lowest BCUT2D eigenvalue weighted by atomic mass is 9.95. The van der Waals surface area contributed by atoms with E-state index in [4.69, 9.17) is 9.47 Å². The fraction of sp³-hybridized carbons (Fsp3) is 0.300. The summed E-state index contributed by atoms with van der Waals surface area (Å²) in [5, 5.41) is 0. The van der Waals surface area contributed by atoms with Gasteiger partial charge in [-0.15, -0.1) is 0 Å². The van der Waals surface area contributed by atoms with Crippen molar-refractivity contribution in [3.05, 3.63) is 66.3 Å². The summed E-state index contributed by atoms with van der Waals surface area (Å²) in [5.74, 6) is -1.25. The lowest BCUT2D eigenvalue weighted by Gasteiger charge is -2.21. The minimum absolute atomic E-state index is 0.00566. The van der Waals surface area contributed by atoms with Crippen molar-refractivity contribution in [3.8, 4) is 17.1 Å². The third kappa shape index (κ3) is 3.30. The normalized spacial score (nSPS) is 19.4. The van der Waals surface area contributed by atoms with Gasteiger partial charge in [0.25, 0.3) is 0 Å². The van der Waals surface area contributed by atoms with Gasteiger partial charge in [0, 0.05) is 30.7 Å². The number of halogens is 2. The lowest BCUT2D eigenvalue weighted by Crippen LogP contribution is -2.20. The molecule has 0 N–H and O–H groups in total. The zero-order chi connectivity index (χ0) is 18.8. The van der Waals surface area contributed by atoms with Crippen molar-refractivity contribution in [2.45, 2.75) is 12.5 Å². The van der Waals surface area contributed by atoms with Crippen LogP contribution in [0.3, 0.4) is 0 Å². The first kappa shape index (κ1) is 17.6. The van der Waals surface area contributed by atoms with Crippen molar-refractivity contribution in [1.29, 1.82) is 0 Å². The lowest BCUT2D eigenvalue weighted by molar-refractivity contribution is 0.181. The molecule has 27 heavy (non-hydrogen) atoms. The van der Waals surface area contributed by atoms with Gasteiger partial charge >= 0.3 is 0 Å². The van der Waals surface area contributed by atoms with Crippen LogP contribution in [0.15, 0.2) is 49.1 Å². The van der Waals surface area contributed by atoms with E-state index in [2.05, 4.69) is 9.97 Å². The van der Waals surface area contributed by atoms with Gasteiger partial charge < -0.3 is 14.0 Å². The van der Waals surface area contributed by atoms with Gasteiger partial charge in [-0.25, -0.2) is 13.8 Å². The van der Waals surface area contributed by atoms with Crippen LogP contribution in [-0.2, 0) is 11.2 Å². The molecule has 0 unspecified atom stereocenters. The van der Waals surface area contributed by atoms with Crippen molar-refractivity contribution in [2.24, 2.45) is 5.92 Å². The first-order valence-corrected chi connectivity index (χ1v) is 8.71. The van der Waals surface area contributed by atoms with Crippen LogP contribution in [0.5, 0.6) is 5.75 Å². The average Bonchev–Trinajstić information content (AvgIpc) is 3.32. The average molecular weight is 371 g/mol. The quantitative estimate of drug-likeness (QED) is 0.687. The molecule has 0 saturated carbocycles. The molecule has 1 aromatic carbocycles. The third-order valence-electron chi connectivity index (χ3n) is 4.93. The first-order valence-electron chi connectivity index (χ1n) is 8.71. The van der Waals surface area contributed by atoms with Crippen LogP contribution < -0.4 is 4.74 Å². The van der Waals surface area contributed by atoms with Crippen molar-refractivity contribution in [3.63, 3.8) is 0 Å². The molecule has 0 radical (unpaired) electrons. The van der Waals surface area contributed by atoms with E-state index in [0.29, 0.717) is 19.0 Å². The summed E-state index contributed by atoms with van der Waals surface area (Å²) in [6.07, 6.45) is 7.78.